The van der Waals surface area contributed by atoms with Crippen LogP contribution in [-0.2, 0) is 5.75 Å². The van der Waals surface area contributed by atoms with Crippen LogP contribution in [0.1, 0.15) is 5.56 Å². The topological polar surface area (TPSA) is 43.8 Å². The van der Waals surface area contributed by atoms with E-state index in [9.17, 15) is 4.39 Å². The van der Waals surface area contributed by atoms with E-state index in [-0.39, 0.29) is 5.82 Å². The summed E-state index contributed by atoms with van der Waals surface area (Å²) in [6, 6.07) is 14.4. The van der Waals surface area contributed by atoms with Gasteiger partial charge in [0.2, 0.25) is 0 Å². The Morgan fingerprint density at radius 2 is 1.91 bits per heavy atom. The van der Waals surface area contributed by atoms with E-state index in [2.05, 4.69) is 4.98 Å². The second-order valence-electron chi connectivity index (χ2n) is 4.67. The van der Waals surface area contributed by atoms with Gasteiger partial charge in [-0.25, -0.2) is 14.1 Å². The molecule has 0 unspecified atom stereocenters. The largest absolute Gasteiger partial charge is 0.337 e. The van der Waals surface area contributed by atoms with E-state index < -0.39 is 0 Å². The Labute approximate surface area is 136 Å². The fourth-order valence-corrected chi connectivity index (χ4v) is 3.28. The highest BCUT2D eigenvalue weighted by Crippen LogP contribution is 2.29. The fraction of sp³-hybridized carbons (Fsp3) is 0.0625. The standard InChI is InChI=1S/C16H13ClFN3S/c17-13-7-4-8-14(18)12(13)10-22-16-20-15(9-21(16)19)11-5-2-1-3-6-11/h1-9H,10,19H2. The van der Waals surface area contributed by atoms with Crippen LogP contribution in [0, 0.1) is 5.82 Å². The smallest absolute Gasteiger partial charge is 0.187 e. The minimum atomic E-state index is -0.321. The van der Waals surface area contributed by atoms with Crippen LogP contribution in [0.15, 0.2) is 59.9 Å². The van der Waals surface area contributed by atoms with E-state index in [1.165, 1.54) is 22.5 Å². The molecule has 0 saturated heterocycles. The van der Waals surface area contributed by atoms with Crippen molar-refractivity contribution >= 4 is 23.4 Å². The molecule has 0 amide bonds. The van der Waals surface area contributed by atoms with E-state index in [4.69, 9.17) is 17.4 Å². The Morgan fingerprint density at radius 1 is 1.14 bits per heavy atom. The number of aromatic nitrogens is 2. The average molecular weight is 334 g/mol. The third-order valence-corrected chi connectivity index (χ3v) is 4.52. The molecule has 2 aromatic carbocycles. The quantitative estimate of drug-likeness (QED) is 0.570. The number of nitrogens with zero attached hydrogens (tertiary/aromatic N) is 2. The second-order valence-corrected chi connectivity index (χ2v) is 6.02. The number of benzene rings is 2. The van der Waals surface area contributed by atoms with Crippen molar-refractivity contribution in [1.29, 1.82) is 0 Å². The third kappa shape index (κ3) is 3.10. The Morgan fingerprint density at radius 3 is 2.64 bits per heavy atom. The van der Waals surface area contributed by atoms with Gasteiger partial charge in [0.1, 0.15) is 5.82 Å². The number of halogens is 2. The van der Waals surface area contributed by atoms with Gasteiger partial charge in [0.15, 0.2) is 5.16 Å². The van der Waals surface area contributed by atoms with Crippen LogP contribution in [-0.4, -0.2) is 9.66 Å². The fourth-order valence-electron chi connectivity index (χ4n) is 2.04. The van der Waals surface area contributed by atoms with Crippen LogP contribution in [0.25, 0.3) is 11.3 Å². The van der Waals surface area contributed by atoms with Crippen LogP contribution in [0.5, 0.6) is 0 Å². The first-order valence-electron chi connectivity index (χ1n) is 6.60. The van der Waals surface area contributed by atoms with E-state index in [0.717, 1.165) is 11.3 Å². The molecule has 22 heavy (non-hydrogen) atoms. The highest BCUT2D eigenvalue weighted by atomic mass is 35.5. The van der Waals surface area contributed by atoms with Gasteiger partial charge in [-0.15, -0.1) is 0 Å². The molecule has 0 spiro atoms. The zero-order valence-corrected chi connectivity index (χ0v) is 13.1. The number of rotatable bonds is 4. The zero-order chi connectivity index (χ0) is 15.5. The molecule has 0 aliphatic heterocycles. The molecule has 3 aromatic rings. The average Bonchev–Trinajstić information content (AvgIpc) is 2.89. The highest BCUT2D eigenvalue weighted by Gasteiger charge is 2.12. The second kappa shape index (κ2) is 6.42. The molecule has 3 nitrogen and oxygen atoms in total. The molecule has 0 atom stereocenters. The summed E-state index contributed by atoms with van der Waals surface area (Å²) in [7, 11) is 0. The molecule has 0 saturated carbocycles. The van der Waals surface area contributed by atoms with Crippen molar-refractivity contribution in [3.8, 4) is 11.3 Å². The van der Waals surface area contributed by atoms with Gasteiger partial charge in [-0.05, 0) is 12.1 Å². The maximum absolute atomic E-state index is 13.8. The minimum absolute atomic E-state index is 0.321. The van der Waals surface area contributed by atoms with E-state index in [1.54, 1.807) is 18.3 Å². The molecule has 6 heteroatoms. The van der Waals surface area contributed by atoms with Crippen LogP contribution >= 0.6 is 23.4 Å². The summed E-state index contributed by atoms with van der Waals surface area (Å²) >= 11 is 7.37. The first-order chi connectivity index (χ1) is 10.6. The van der Waals surface area contributed by atoms with Gasteiger partial charge in [-0.2, -0.15) is 0 Å². The van der Waals surface area contributed by atoms with Crippen molar-refractivity contribution in [2.24, 2.45) is 0 Å². The predicted octanol–water partition coefficient (Wildman–Crippen LogP) is 4.35. The Balaban J connectivity index is 1.81. The van der Waals surface area contributed by atoms with E-state index >= 15 is 0 Å². The summed E-state index contributed by atoms with van der Waals surface area (Å²) in [6.45, 7) is 0. The van der Waals surface area contributed by atoms with Gasteiger partial charge >= 0.3 is 0 Å². The lowest BCUT2D eigenvalue weighted by molar-refractivity contribution is 0.617. The Bertz CT molecular complexity index is 769. The number of nitrogens with two attached hydrogens (primary N) is 1. The predicted molar refractivity (Wildman–Crippen MR) is 88.8 cm³/mol. The summed E-state index contributed by atoms with van der Waals surface area (Å²) in [6.07, 6.45) is 1.75. The lowest BCUT2D eigenvalue weighted by Gasteiger charge is -2.05. The van der Waals surface area contributed by atoms with Crippen molar-refractivity contribution in [3.05, 3.63) is 71.1 Å². The number of hydrogen-bond donors (Lipinski definition) is 1. The molecule has 1 heterocycles. The molecule has 0 bridgehead atoms. The molecule has 2 N–H and O–H groups in total. The third-order valence-electron chi connectivity index (χ3n) is 3.18. The molecular formula is C16H13ClFN3S. The van der Waals surface area contributed by atoms with Gasteiger partial charge in [0.05, 0.1) is 11.9 Å². The first kappa shape index (κ1) is 14.9. The number of imidazole rings is 1. The minimum Gasteiger partial charge on any atom is -0.337 e. The molecular weight excluding hydrogens is 321 g/mol. The van der Waals surface area contributed by atoms with Gasteiger partial charge < -0.3 is 5.84 Å². The summed E-state index contributed by atoms with van der Waals surface area (Å²) in [4.78, 5) is 4.49. The van der Waals surface area contributed by atoms with Gasteiger partial charge in [-0.1, -0.05) is 59.8 Å². The van der Waals surface area contributed by atoms with Crippen molar-refractivity contribution in [3.63, 3.8) is 0 Å². The maximum atomic E-state index is 13.8. The normalized spacial score (nSPS) is 10.8. The Hall–Kier alpha value is -1.98. The van der Waals surface area contributed by atoms with Gasteiger partial charge in [-0.3, -0.25) is 0 Å². The Kier molecular flexibility index (Phi) is 4.36. The van der Waals surface area contributed by atoms with Crippen molar-refractivity contribution in [2.45, 2.75) is 10.9 Å². The summed E-state index contributed by atoms with van der Waals surface area (Å²) in [5, 5.41) is 1.02. The monoisotopic (exact) mass is 333 g/mol. The highest BCUT2D eigenvalue weighted by molar-refractivity contribution is 7.98. The molecule has 0 fully saturated rings. The van der Waals surface area contributed by atoms with E-state index in [0.29, 0.717) is 21.5 Å². The molecule has 0 aliphatic rings. The zero-order valence-electron chi connectivity index (χ0n) is 11.5. The summed E-state index contributed by atoms with van der Waals surface area (Å²) < 4.78 is 15.2. The SMILES string of the molecule is Nn1cc(-c2ccccc2)nc1SCc1c(F)cccc1Cl. The first-order valence-corrected chi connectivity index (χ1v) is 7.97. The van der Waals surface area contributed by atoms with Crippen molar-refractivity contribution in [2.75, 3.05) is 5.84 Å². The lowest BCUT2D eigenvalue weighted by atomic mass is 10.2. The van der Waals surface area contributed by atoms with Crippen LogP contribution < -0.4 is 5.84 Å². The lowest BCUT2D eigenvalue weighted by Crippen LogP contribution is -2.07. The molecule has 1 aromatic heterocycles. The molecule has 112 valence electrons. The van der Waals surface area contributed by atoms with Crippen molar-refractivity contribution in [1.82, 2.24) is 9.66 Å². The van der Waals surface area contributed by atoms with Gasteiger partial charge in [0.25, 0.3) is 0 Å². The van der Waals surface area contributed by atoms with E-state index in [1.807, 2.05) is 30.3 Å². The molecule has 3 rings (SSSR count). The molecule has 0 aliphatic carbocycles. The molecule has 0 radical (unpaired) electrons. The van der Waals surface area contributed by atoms with Crippen LogP contribution in [0.2, 0.25) is 5.02 Å². The van der Waals surface area contributed by atoms with Crippen LogP contribution in [0.3, 0.4) is 0 Å². The maximum Gasteiger partial charge on any atom is 0.187 e. The van der Waals surface area contributed by atoms with Crippen LogP contribution in [0.4, 0.5) is 4.39 Å². The number of hydrogen-bond acceptors (Lipinski definition) is 3. The van der Waals surface area contributed by atoms with Gasteiger partial charge in [0, 0.05) is 21.9 Å². The number of thioether (sulfide) groups is 1. The summed E-state index contributed by atoms with van der Waals surface area (Å²) in [5.41, 5.74) is 2.22. The van der Waals surface area contributed by atoms with Crippen molar-refractivity contribution < 1.29 is 4.39 Å². The number of nitrogen functional groups attached to an aromatic ring is 1. The summed E-state index contributed by atoms with van der Waals surface area (Å²) in [5.74, 6) is 5.97.